The van der Waals surface area contributed by atoms with Gasteiger partial charge in [-0.2, -0.15) is 18.2 Å². The van der Waals surface area contributed by atoms with Crippen LogP contribution in [0.15, 0.2) is 83.2 Å². The molecule has 2 aliphatic rings. The first-order valence-corrected chi connectivity index (χ1v) is 5.61. The molecule has 2 nitrogen and oxygen atoms in total. The second-order valence-corrected chi connectivity index (χ2v) is 3.68. The van der Waals surface area contributed by atoms with Crippen LogP contribution < -0.4 is 0 Å². The molecule has 1 aliphatic carbocycles. The van der Waals surface area contributed by atoms with Crippen LogP contribution >= 0.6 is 11.6 Å². The second-order valence-electron chi connectivity index (χ2n) is 3.35. The van der Waals surface area contributed by atoms with Crippen LogP contribution in [-0.2, 0) is 17.1 Å². The molecule has 0 N–H and O–H groups in total. The normalized spacial score (nSPS) is 15.5. The van der Waals surface area contributed by atoms with Gasteiger partial charge in [-0.15, -0.1) is 0 Å². The van der Waals surface area contributed by atoms with E-state index in [9.17, 15) is 0 Å². The summed E-state index contributed by atoms with van der Waals surface area (Å²) < 4.78 is 0. The summed E-state index contributed by atoms with van der Waals surface area (Å²) in [6.45, 7) is 0. The molecule has 0 unspecified atom stereocenters. The van der Waals surface area contributed by atoms with E-state index >= 15 is 0 Å². The van der Waals surface area contributed by atoms with Crippen molar-refractivity contribution in [2.24, 2.45) is 4.99 Å². The molecule has 0 atom stereocenters. The maximum absolute atomic E-state index is 5.64. The van der Waals surface area contributed by atoms with E-state index in [2.05, 4.69) is 10.3 Å². The van der Waals surface area contributed by atoms with E-state index in [4.69, 9.17) is 11.6 Å². The molecule has 1 aromatic rings. The third-order valence-electron chi connectivity index (χ3n) is 2.14. The molecule has 0 aromatic heterocycles. The van der Waals surface area contributed by atoms with Crippen LogP contribution in [-0.4, -0.2) is 5.29 Å². The monoisotopic (exact) mass is 298 g/mol. The van der Waals surface area contributed by atoms with Gasteiger partial charge in [0.1, 0.15) is 0 Å². The van der Waals surface area contributed by atoms with Gasteiger partial charge in [0.05, 0.1) is 0 Å². The van der Waals surface area contributed by atoms with E-state index in [1.165, 1.54) is 0 Å². The molecule has 18 heavy (non-hydrogen) atoms. The Hall–Kier alpha value is -1.41. The van der Waals surface area contributed by atoms with Gasteiger partial charge >= 0.3 is 17.1 Å². The predicted octanol–water partition coefficient (Wildman–Crippen LogP) is 4.27. The molecule has 0 radical (unpaired) electrons. The summed E-state index contributed by atoms with van der Waals surface area (Å²) in [4.78, 5) is 4.07. The number of rotatable bonds is 0. The van der Waals surface area contributed by atoms with E-state index in [1.807, 2.05) is 60.7 Å². The number of nitrogens with zero attached hydrogens (tertiary/aromatic N) is 2. The van der Waals surface area contributed by atoms with Crippen molar-refractivity contribution in [3.05, 3.63) is 83.5 Å². The summed E-state index contributed by atoms with van der Waals surface area (Å²) in [6.07, 6.45) is 11.4. The maximum Gasteiger partial charge on any atom is 2.00 e. The molecular formula is C14H11ClFeN2. The van der Waals surface area contributed by atoms with E-state index in [0.717, 1.165) is 11.3 Å². The average molecular weight is 299 g/mol. The zero-order chi connectivity index (χ0) is 11.9. The first-order chi connectivity index (χ1) is 8.36. The minimum absolute atomic E-state index is 0. The predicted molar refractivity (Wildman–Crippen MR) is 73.1 cm³/mol. The van der Waals surface area contributed by atoms with Gasteiger partial charge in [-0.1, -0.05) is 48.2 Å². The fourth-order valence-electron chi connectivity index (χ4n) is 1.36. The zero-order valence-corrected chi connectivity index (χ0v) is 11.3. The number of amidine groups is 1. The summed E-state index contributed by atoms with van der Waals surface area (Å²) >= 11 is 5.64. The number of allylic oxidation sites excluding steroid dienone is 6. The molecule has 3 rings (SSSR count). The number of aliphatic imine (C=N–C) groups is 1. The number of hydrogen-bond acceptors (Lipinski definition) is 1. The van der Waals surface area contributed by atoms with E-state index < -0.39 is 0 Å². The van der Waals surface area contributed by atoms with E-state index in [1.54, 1.807) is 6.20 Å². The Kier molecular flexibility index (Phi) is 6.37. The molecule has 4 heteroatoms. The number of halogens is 1. The van der Waals surface area contributed by atoms with Crippen molar-refractivity contribution in [3.63, 3.8) is 0 Å². The van der Waals surface area contributed by atoms with Gasteiger partial charge in [0, 0.05) is 5.29 Å². The smallest absolute Gasteiger partial charge is 0.433 e. The fraction of sp³-hybridized carbons (Fsp3) is 0. The van der Waals surface area contributed by atoms with Crippen LogP contribution in [0.4, 0.5) is 0 Å². The van der Waals surface area contributed by atoms with Gasteiger partial charge in [0.15, 0.2) is 0 Å². The van der Waals surface area contributed by atoms with Crippen molar-refractivity contribution >= 4 is 16.9 Å². The van der Waals surface area contributed by atoms with Crippen LogP contribution in [0.5, 0.6) is 0 Å². The Morgan fingerprint density at radius 2 is 1.72 bits per heavy atom. The van der Waals surface area contributed by atoms with Gasteiger partial charge in [0.25, 0.3) is 0 Å². The first-order valence-electron chi connectivity index (χ1n) is 5.23. The largest absolute Gasteiger partial charge is 2.00 e. The Labute approximate surface area is 122 Å². The van der Waals surface area contributed by atoms with Crippen LogP contribution in [0, 0.1) is 0 Å². The van der Waals surface area contributed by atoms with Gasteiger partial charge < -0.3 is 10.3 Å². The third-order valence-corrected chi connectivity index (χ3v) is 2.32. The molecule has 1 heterocycles. The van der Waals surface area contributed by atoms with Gasteiger partial charge in [-0.3, -0.25) is 0 Å². The maximum atomic E-state index is 5.64. The molecular weight excluding hydrogens is 287 g/mol. The van der Waals surface area contributed by atoms with Crippen LogP contribution in [0.25, 0.3) is 5.32 Å². The van der Waals surface area contributed by atoms with E-state index in [0.29, 0.717) is 0 Å². The quantitative estimate of drug-likeness (QED) is 0.388. The molecule has 0 spiro atoms. The third kappa shape index (κ3) is 4.46. The minimum Gasteiger partial charge on any atom is -0.433 e. The molecule has 0 amide bonds. The summed E-state index contributed by atoms with van der Waals surface area (Å²) in [7, 11) is 0. The molecule has 1 aromatic carbocycles. The standard InChI is InChI=1S/C9H6ClN2.C5H5.Fe/c10-9-11-6-5-8(12-9)7-3-1-2-4-7;1-2-4-5-3-1;/h1-6H;1-5H;/q2*-1;+2. The van der Waals surface area contributed by atoms with Gasteiger partial charge in [-0.05, 0) is 11.3 Å². The minimum atomic E-state index is 0. The summed E-state index contributed by atoms with van der Waals surface area (Å²) in [5.74, 6) is 0. The fourth-order valence-corrected chi connectivity index (χ4v) is 1.51. The molecule has 1 aliphatic heterocycles. The molecule has 0 bridgehead atoms. The number of hydrogen-bond donors (Lipinski definition) is 0. The Morgan fingerprint density at radius 1 is 1.06 bits per heavy atom. The SMILES string of the molecule is ClC1=NC(=C2C=CC=C2)C=C[N-]1.[Fe+2].c1cc[cH-]c1. The van der Waals surface area contributed by atoms with Gasteiger partial charge in [-0.25, -0.2) is 12.1 Å². The van der Waals surface area contributed by atoms with Crippen LogP contribution in [0.2, 0.25) is 0 Å². The van der Waals surface area contributed by atoms with Crippen molar-refractivity contribution in [2.45, 2.75) is 0 Å². The summed E-state index contributed by atoms with van der Waals surface area (Å²) in [5.41, 5.74) is 1.93. The first kappa shape index (κ1) is 14.6. The van der Waals surface area contributed by atoms with Crippen LogP contribution in [0.3, 0.4) is 0 Å². The van der Waals surface area contributed by atoms with Gasteiger partial charge in [0.2, 0.25) is 0 Å². The van der Waals surface area contributed by atoms with Crippen molar-refractivity contribution in [1.29, 1.82) is 0 Å². The Balaban J connectivity index is 0.000000230. The molecule has 0 saturated carbocycles. The van der Waals surface area contributed by atoms with Crippen LogP contribution in [0.1, 0.15) is 0 Å². The van der Waals surface area contributed by atoms with Crippen molar-refractivity contribution < 1.29 is 17.1 Å². The zero-order valence-electron chi connectivity index (χ0n) is 9.48. The second kappa shape index (κ2) is 7.83. The summed E-state index contributed by atoms with van der Waals surface area (Å²) in [5, 5.41) is 4.09. The molecule has 0 fully saturated rings. The van der Waals surface area contributed by atoms with Crippen molar-refractivity contribution in [1.82, 2.24) is 0 Å². The molecule has 0 saturated heterocycles. The van der Waals surface area contributed by atoms with Crippen molar-refractivity contribution in [2.75, 3.05) is 0 Å². The Morgan fingerprint density at radius 3 is 2.22 bits per heavy atom. The van der Waals surface area contributed by atoms with E-state index in [-0.39, 0.29) is 22.4 Å². The molecule has 92 valence electrons. The topological polar surface area (TPSA) is 26.5 Å². The van der Waals surface area contributed by atoms with Crippen molar-refractivity contribution in [3.8, 4) is 0 Å². The Bertz CT molecular complexity index is 477. The average Bonchev–Trinajstić information content (AvgIpc) is 3.06. The summed E-state index contributed by atoms with van der Waals surface area (Å²) in [6, 6.07) is 10.0.